The van der Waals surface area contributed by atoms with Crippen molar-refractivity contribution >= 4 is 11.8 Å². The molecule has 1 aliphatic rings. The van der Waals surface area contributed by atoms with Crippen molar-refractivity contribution in [3.63, 3.8) is 0 Å². The standard InChI is InChI=1S/C11H8N4S/c12-7-16-11-14-13-10-6-5-8-3-1-2-4-9(8)15(10)11/h1-4H,5-6H2. The van der Waals surface area contributed by atoms with Crippen LogP contribution >= 0.6 is 11.8 Å². The Bertz CT molecular complexity index is 582. The van der Waals surface area contributed by atoms with Crippen LogP contribution in [-0.2, 0) is 12.8 Å². The van der Waals surface area contributed by atoms with Gasteiger partial charge in [0.2, 0.25) is 5.16 Å². The van der Waals surface area contributed by atoms with Gasteiger partial charge in [-0.2, -0.15) is 5.26 Å². The highest BCUT2D eigenvalue weighted by atomic mass is 32.2. The number of nitriles is 1. The first kappa shape index (κ1) is 9.43. The van der Waals surface area contributed by atoms with Crippen molar-refractivity contribution in [3.05, 3.63) is 35.7 Å². The molecule has 0 spiro atoms. The molecule has 0 aliphatic carbocycles. The van der Waals surface area contributed by atoms with E-state index in [-0.39, 0.29) is 0 Å². The molecule has 0 saturated heterocycles. The van der Waals surface area contributed by atoms with E-state index < -0.39 is 0 Å². The fourth-order valence-electron chi connectivity index (χ4n) is 2.00. The van der Waals surface area contributed by atoms with E-state index in [0.29, 0.717) is 5.16 Å². The maximum absolute atomic E-state index is 8.72. The lowest BCUT2D eigenvalue weighted by Gasteiger charge is -2.17. The van der Waals surface area contributed by atoms with Gasteiger partial charge in [0, 0.05) is 18.2 Å². The van der Waals surface area contributed by atoms with Gasteiger partial charge in [-0.05, 0) is 18.1 Å². The fourth-order valence-corrected chi connectivity index (χ4v) is 2.46. The number of aryl methyl sites for hydroxylation is 2. The normalized spacial score (nSPS) is 12.7. The average Bonchev–Trinajstić information content (AvgIpc) is 2.73. The number of thiocyanates is 1. The molecule has 78 valence electrons. The van der Waals surface area contributed by atoms with Crippen molar-refractivity contribution in [2.45, 2.75) is 18.0 Å². The molecule has 0 bridgehead atoms. The van der Waals surface area contributed by atoms with Gasteiger partial charge in [0.1, 0.15) is 11.2 Å². The van der Waals surface area contributed by atoms with E-state index in [2.05, 4.69) is 16.3 Å². The van der Waals surface area contributed by atoms with Gasteiger partial charge in [0.05, 0.1) is 5.69 Å². The summed E-state index contributed by atoms with van der Waals surface area (Å²) in [7, 11) is 0. The Hall–Kier alpha value is -1.80. The predicted molar refractivity (Wildman–Crippen MR) is 60.2 cm³/mol. The van der Waals surface area contributed by atoms with Gasteiger partial charge >= 0.3 is 0 Å². The second-order valence-electron chi connectivity index (χ2n) is 3.56. The van der Waals surface area contributed by atoms with Gasteiger partial charge in [-0.3, -0.25) is 4.57 Å². The van der Waals surface area contributed by atoms with Gasteiger partial charge in [-0.1, -0.05) is 18.2 Å². The van der Waals surface area contributed by atoms with Crippen molar-refractivity contribution in [1.82, 2.24) is 14.8 Å². The third-order valence-corrected chi connectivity index (χ3v) is 3.23. The molecule has 1 aliphatic heterocycles. The van der Waals surface area contributed by atoms with E-state index in [1.54, 1.807) is 0 Å². The Labute approximate surface area is 96.9 Å². The first-order valence-corrected chi connectivity index (χ1v) is 5.80. The molecule has 0 amide bonds. The zero-order valence-corrected chi connectivity index (χ0v) is 9.24. The lowest BCUT2D eigenvalue weighted by atomic mass is 10.0. The Balaban J connectivity index is 2.22. The Morgan fingerprint density at radius 1 is 1.25 bits per heavy atom. The van der Waals surface area contributed by atoms with Crippen molar-refractivity contribution in [3.8, 4) is 11.1 Å². The van der Waals surface area contributed by atoms with Gasteiger partial charge in [0.25, 0.3) is 0 Å². The molecule has 0 atom stereocenters. The van der Waals surface area contributed by atoms with Crippen LogP contribution in [0.25, 0.3) is 5.69 Å². The van der Waals surface area contributed by atoms with Crippen molar-refractivity contribution in [1.29, 1.82) is 5.26 Å². The summed E-state index contributed by atoms with van der Waals surface area (Å²) in [5.74, 6) is 0.941. The lowest BCUT2D eigenvalue weighted by Crippen LogP contribution is -2.12. The number of rotatable bonds is 1. The third kappa shape index (κ3) is 1.31. The van der Waals surface area contributed by atoms with Gasteiger partial charge in [-0.25, -0.2) is 0 Å². The van der Waals surface area contributed by atoms with Gasteiger partial charge < -0.3 is 0 Å². The minimum atomic E-state index is 0.657. The minimum Gasteiger partial charge on any atom is -0.273 e. The molecule has 0 unspecified atom stereocenters. The number of benzene rings is 1. The first-order valence-electron chi connectivity index (χ1n) is 4.98. The molecule has 2 aromatic rings. The highest BCUT2D eigenvalue weighted by molar-refractivity contribution is 8.03. The predicted octanol–water partition coefficient (Wildman–Crippen LogP) is 1.94. The van der Waals surface area contributed by atoms with Gasteiger partial charge in [-0.15, -0.1) is 10.2 Å². The van der Waals surface area contributed by atoms with Crippen LogP contribution in [0.5, 0.6) is 0 Å². The number of hydrogen-bond donors (Lipinski definition) is 0. The number of thioether (sulfide) groups is 1. The molecule has 1 aromatic carbocycles. The largest absolute Gasteiger partial charge is 0.273 e. The van der Waals surface area contributed by atoms with E-state index in [1.165, 1.54) is 5.56 Å². The average molecular weight is 228 g/mol. The molecule has 3 rings (SSSR count). The maximum Gasteiger partial charge on any atom is 0.210 e. The molecule has 1 aromatic heterocycles. The quantitative estimate of drug-likeness (QED) is 0.553. The van der Waals surface area contributed by atoms with Crippen LogP contribution in [0.2, 0.25) is 0 Å². The molecule has 16 heavy (non-hydrogen) atoms. The summed E-state index contributed by atoms with van der Waals surface area (Å²) in [6.07, 6.45) is 1.88. The van der Waals surface area contributed by atoms with Crippen LogP contribution in [0.4, 0.5) is 0 Å². The van der Waals surface area contributed by atoms with Crippen molar-refractivity contribution < 1.29 is 0 Å². The minimum absolute atomic E-state index is 0.657. The first-order chi connectivity index (χ1) is 7.90. The molecule has 0 N–H and O–H groups in total. The summed E-state index contributed by atoms with van der Waals surface area (Å²) < 4.78 is 1.98. The zero-order valence-electron chi connectivity index (χ0n) is 8.42. The zero-order chi connectivity index (χ0) is 11.0. The van der Waals surface area contributed by atoms with Crippen LogP contribution in [0.3, 0.4) is 0 Å². The summed E-state index contributed by atoms with van der Waals surface area (Å²) >= 11 is 1.06. The smallest absolute Gasteiger partial charge is 0.210 e. The molecule has 0 saturated carbocycles. The number of para-hydroxylation sites is 1. The summed E-state index contributed by atoms with van der Waals surface area (Å²) in [6.45, 7) is 0. The Morgan fingerprint density at radius 2 is 2.12 bits per heavy atom. The number of aromatic nitrogens is 3. The summed E-state index contributed by atoms with van der Waals surface area (Å²) in [4.78, 5) is 0. The monoisotopic (exact) mass is 228 g/mol. The summed E-state index contributed by atoms with van der Waals surface area (Å²) in [5, 5.41) is 19.6. The summed E-state index contributed by atoms with van der Waals surface area (Å²) in [6, 6.07) is 8.18. The van der Waals surface area contributed by atoms with Crippen LogP contribution in [-0.4, -0.2) is 14.8 Å². The van der Waals surface area contributed by atoms with E-state index >= 15 is 0 Å². The number of fused-ring (bicyclic) bond motifs is 3. The van der Waals surface area contributed by atoms with E-state index in [0.717, 1.165) is 36.1 Å². The van der Waals surface area contributed by atoms with Crippen molar-refractivity contribution in [2.75, 3.05) is 0 Å². The molecule has 0 fully saturated rings. The lowest BCUT2D eigenvalue weighted by molar-refractivity contribution is 0.748. The van der Waals surface area contributed by atoms with E-state index in [4.69, 9.17) is 5.26 Å². The molecular formula is C11H8N4S. The van der Waals surface area contributed by atoms with Crippen LogP contribution in [0.1, 0.15) is 11.4 Å². The SMILES string of the molecule is N#CSc1nnc2n1-c1ccccc1CC2. The summed E-state index contributed by atoms with van der Waals surface area (Å²) in [5.41, 5.74) is 2.39. The molecule has 0 radical (unpaired) electrons. The van der Waals surface area contributed by atoms with E-state index in [9.17, 15) is 0 Å². The van der Waals surface area contributed by atoms with Crippen LogP contribution < -0.4 is 0 Å². The third-order valence-electron chi connectivity index (χ3n) is 2.69. The highest BCUT2D eigenvalue weighted by Crippen LogP contribution is 2.28. The Kier molecular flexibility index (Phi) is 2.15. The second kappa shape index (κ2) is 3.65. The molecular weight excluding hydrogens is 220 g/mol. The molecule has 2 heterocycles. The van der Waals surface area contributed by atoms with Crippen LogP contribution in [0.15, 0.2) is 29.4 Å². The Morgan fingerprint density at radius 3 is 3.00 bits per heavy atom. The van der Waals surface area contributed by atoms with Crippen LogP contribution in [0, 0.1) is 10.7 Å². The highest BCUT2D eigenvalue weighted by Gasteiger charge is 2.20. The maximum atomic E-state index is 8.72. The van der Waals surface area contributed by atoms with Crippen molar-refractivity contribution in [2.24, 2.45) is 0 Å². The number of hydrogen-bond acceptors (Lipinski definition) is 4. The second-order valence-corrected chi connectivity index (χ2v) is 4.31. The fraction of sp³-hybridized carbons (Fsp3) is 0.182. The topological polar surface area (TPSA) is 54.5 Å². The molecule has 5 heteroatoms. The molecule has 4 nitrogen and oxygen atoms in total. The van der Waals surface area contributed by atoms with Gasteiger partial charge in [0.15, 0.2) is 0 Å². The number of nitrogens with zero attached hydrogens (tertiary/aromatic N) is 4. The van der Waals surface area contributed by atoms with E-state index in [1.807, 2.05) is 28.2 Å².